The third-order valence-corrected chi connectivity index (χ3v) is 5.40. The fourth-order valence-corrected chi connectivity index (χ4v) is 4.06. The average molecular weight is 375 g/mol. The van der Waals surface area contributed by atoms with Crippen molar-refractivity contribution in [2.75, 3.05) is 0 Å². The third-order valence-electron chi connectivity index (χ3n) is 5.40. The number of aromatic nitrogens is 1. The summed E-state index contributed by atoms with van der Waals surface area (Å²) in [6.45, 7) is 0. The molecule has 1 aromatic heterocycles. The molecule has 28 heavy (non-hydrogen) atoms. The van der Waals surface area contributed by atoms with Crippen LogP contribution < -0.4 is 11.1 Å². The van der Waals surface area contributed by atoms with Gasteiger partial charge in [-0.25, -0.2) is 4.98 Å². The van der Waals surface area contributed by atoms with Gasteiger partial charge in [0.1, 0.15) is 11.8 Å². The lowest BCUT2D eigenvalue weighted by atomic mass is 9.82. The number of amides is 2. The molecule has 0 saturated heterocycles. The smallest absolute Gasteiger partial charge is 0.253 e. The maximum atomic E-state index is 13.3. The van der Waals surface area contributed by atoms with Gasteiger partial charge in [0.25, 0.3) is 5.91 Å². The highest BCUT2D eigenvalue weighted by atomic mass is 16.2. The van der Waals surface area contributed by atoms with Gasteiger partial charge >= 0.3 is 0 Å². The van der Waals surface area contributed by atoms with Crippen LogP contribution in [0.1, 0.15) is 36.0 Å². The second-order valence-electron chi connectivity index (χ2n) is 7.27. The zero-order valence-electron chi connectivity index (χ0n) is 15.4. The van der Waals surface area contributed by atoms with Gasteiger partial charge in [-0.3, -0.25) is 14.4 Å². The van der Waals surface area contributed by atoms with E-state index in [1.165, 1.54) is 0 Å². The van der Waals surface area contributed by atoms with Crippen molar-refractivity contribution in [3.8, 4) is 0 Å². The fourth-order valence-electron chi connectivity index (χ4n) is 4.06. The lowest BCUT2D eigenvalue weighted by molar-refractivity contribution is -0.124. The Kier molecular flexibility index (Phi) is 4.77. The lowest BCUT2D eigenvalue weighted by Gasteiger charge is -2.28. The number of nitrogens with one attached hydrogen (secondary N) is 1. The first-order valence-corrected chi connectivity index (χ1v) is 9.44. The van der Waals surface area contributed by atoms with E-state index in [1.807, 2.05) is 48.5 Å². The SMILES string of the molecule is NC(=O)[C@@H](NC(=O)c1c2ccccc2nc2ccccc12)[C@@H]1CCCC(=O)C1. The van der Waals surface area contributed by atoms with Crippen LogP contribution in [0.15, 0.2) is 48.5 Å². The molecule has 6 heteroatoms. The van der Waals surface area contributed by atoms with Crippen molar-refractivity contribution >= 4 is 39.4 Å². The largest absolute Gasteiger partial charge is 0.368 e. The number of hydrogen-bond acceptors (Lipinski definition) is 4. The van der Waals surface area contributed by atoms with Gasteiger partial charge in [0.15, 0.2) is 0 Å². The van der Waals surface area contributed by atoms with Crippen LogP contribution >= 0.6 is 0 Å². The molecule has 0 aliphatic heterocycles. The van der Waals surface area contributed by atoms with Gasteiger partial charge in [-0.1, -0.05) is 36.4 Å². The second kappa shape index (κ2) is 7.38. The van der Waals surface area contributed by atoms with Crippen LogP contribution in [0.3, 0.4) is 0 Å². The molecule has 0 unspecified atom stereocenters. The van der Waals surface area contributed by atoms with Crippen molar-refractivity contribution in [3.05, 3.63) is 54.1 Å². The van der Waals surface area contributed by atoms with Crippen LogP contribution in [-0.2, 0) is 9.59 Å². The van der Waals surface area contributed by atoms with Crippen LogP contribution in [0.2, 0.25) is 0 Å². The van der Waals surface area contributed by atoms with Crippen molar-refractivity contribution < 1.29 is 14.4 Å². The van der Waals surface area contributed by atoms with Gasteiger partial charge in [0, 0.05) is 23.6 Å². The van der Waals surface area contributed by atoms with Gasteiger partial charge in [-0.05, 0) is 30.9 Å². The number of pyridine rings is 1. The fraction of sp³-hybridized carbons (Fsp3) is 0.273. The number of nitrogens with two attached hydrogens (primary N) is 1. The molecular weight excluding hydrogens is 354 g/mol. The molecule has 2 amide bonds. The van der Waals surface area contributed by atoms with Crippen LogP contribution in [0.5, 0.6) is 0 Å². The number of rotatable bonds is 4. The average Bonchev–Trinajstić information content (AvgIpc) is 2.69. The molecular formula is C22H21N3O3. The first-order valence-electron chi connectivity index (χ1n) is 9.44. The molecule has 3 aromatic rings. The molecule has 2 aromatic carbocycles. The Morgan fingerprint density at radius 1 is 1.04 bits per heavy atom. The summed E-state index contributed by atoms with van der Waals surface area (Å²) in [5.74, 6) is -1.15. The van der Waals surface area contributed by atoms with E-state index in [0.29, 0.717) is 46.6 Å². The quantitative estimate of drug-likeness (QED) is 0.685. The number of fused-ring (bicyclic) bond motifs is 2. The van der Waals surface area contributed by atoms with Crippen molar-refractivity contribution in [2.45, 2.75) is 31.7 Å². The Labute approximate surface area is 162 Å². The summed E-state index contributed by atoms with van der Waals surface area (Å²) in [5, 5.41) is 4.23. The molecule has 1 heterocycles. The molecule has 3 N–H and O–H groups in total. The van der Waals surface area contributed by atoms with Gasteiger partial charge < -0.3 is 11.1 Å². The van der Waals surface area contributed by atoms with E-state index >= 15 is 0 Å². The Bertz CT molecular complexity index is 1040. The third kappa shape index (κ3) is 3.33. The van der Waals surface area contributed by atoms with Crippen LogP contribution in [0.25, 0.3) is 21.8 Å². The molecule has 1 fully saturated rings. The molecule has 0 spiro atoms. The standard InChI is InChI=1S/C22H21N3O3/c23-21(27)20(13-6-5-7-14(26)12-13)25-22(28)19-15-8-1-3-10-17(15)24-18-11-4-2-9-16(18)19/h1-4,8-11,13,20H,5-7,12H2,(H2,23,27)(H,25,28)/t13-,20+/m1/s1. The number of hydrogen-bond donors (Lipinski definition) is 2. The van der Waals surface area contributed by atoms with Crippen LogP contribution in [0, 0.1) is 5.92 Å². The van der Waals surface area contributed by atoms with Gasteiger partial charge in [-0.15, -0.1) is 0 Å². The summed E-state index contributed by atoms with van der Waals surface area (Å²) in [6, 6.07) is 13.9. The first kappa shape index (κ1) is 18.1. The lowest BCUT2D eigenvalue weighted by Crippen LogP contribution is -2.50. The Morgan fingerprint density at radius 2 is 1.64 bits per heavy atom. The zero-order valence-corrected chi connectivity index (χ0v) is 15.4. The summed E-state index contributed by atoms with van der Waals surface area (Å²) in [6.07, 6.45) is 2.20. The zero-order chi connectivity index (χ0) is 19.7. The number of carbonyl (C=O) groups excluding carboxylic acids is 3. The minimum Gasteiger partial charge on any atom is -0.368 e. The van der Waals surface area contributed by atoms with Gasteiger partial charge in [0.2, 0.25) is 5.91 Å². The van der Waals surface area contributed by atoms with Crippen molar-refractivity contribution in [1.29, 1.82) is 0 Å². The highest BCUT2D eigenvalue weighted by Gasteiger charge is 2.33. The van der Waals surface area contributed by atoms with Crippen molar-refractivity contribution in [3.63, 3.8) is 0 Å². The number of benzene rings is 2. The molecule has 2 atom stereocenters. The summed E-state index contributed by atoms with van der Waals surface area (Å²) in [7, 11) is 0. The molecule has 142 valence electrons. The molecule has 1 saturated carbocycles. The predicted molar refractivity (Wildman–Crippen MR) is 107 cm³/mol. The van der Waals surface area contributed by atoms with Gasteiger partial charge in [-0.2, -0.15) is 0 Å². The Balaban J connectivity index is 1.76. The second-order valence-corrected chi connectivity index (χ2v) is 7.27. The van der Waals surface area contributed by atoms with E-state index in [1.54, 1.807) is 0 Å². The molecule has 0 radical (unpaired) electrons. The monoisotopic (exact) mass is 375 g/mol. The van der Waals surface area contributed by atoms with Crippen molar-refractivity contribution in [2.24, 2.45) is 11.7 Å². The van der Waals surface area contributed by atoms with E-state index in [4.69, 9.17) is 5.73 Å². The number of para-hydroxylation sites is 2. The molecule has 6 nitrogen and oxygen atoms in total. The number of carbonyl (C=O) groups is 3. The number of primary amides is 1. The predicted octanol–water partition coefficient (Wildman–Crippen LogP) is 2.73. The summed E-state index contributed by atoms with van der Waals surface area (Å²) < 4.78 is 0. The van der Waals surface area contributed by atoms with Crippen LogP contribution in [-0.4, -0.2) is 28.6 Å². The highest BCUT2D eigenvalue weighted by Crippen LogP contribution is 2.28. The minimum absolute atomic E-state index is 0.108. The highest BCUT2D eigenvalue weighted by molar-refractivity contribution is 6.16. The van der Waals surface area contributed by atoms with E-state index in [2.05, 4.69) is 10.3 Å². The number of Topliss-reactive ketones (excluding diaryl/α,β-unsaturated/α-hetero) is 1. The molecule has 1 aliphatic rings. The Morgan fingerprint density at radius 3 is 2.21 bits per heavy atom. The van der Waals surface area contributed by atoms with E-state index in [9.17, 15) is 14.4 Å². The van der Waals surface area contributed by atoms with Crippen molar-refractivity contribution in [1.82, 2.24) is 10.3 Å². The minimum atomic E-state index is -0.873. The Hall–Kier alpha value is -3.28. The summed E-state index contributed by atoms with van der Waals surface area (Å²) in [4.78, 5) is 41.8. The molecule has 4 rings (SSSR count). The topological polar surface area (TPSA) is 102 Å². The first-order chi connectivity index (χ1) is 13.5. The van der Waals surface area contributed by atoms with E-state index in [0.717, 1.165) is 0 Å². The van der Waals surface area contributed by atoms with Crippen LogP contribution in [0.4, 0.5) is 0 Å². The maximum Gasteiger partial charge on any atom is 0.253 e. The van der Waals surface area contributed by atoms with Gasteiger partial charge in [0.05, 0.1) is 16.6 Å². The summed E-state index contributed by atoms with van der Waals surface area (Å²) >= 11 is 0. The number of nitrogens with zero attached hydrogens (tertiary/aromatic N) is 1. The normalized spacial score (nSPS) is 18.1. The maximum absolute atomic E-state index is 13.3. The molecule has 0 bridgehead atoms. The van der Waals surface area contributed by atoms with E-state index < -0.39 is 11.9 Å². The summed E-state index contributed by atoms with van der Waals surface area (Å²) in [5.41, 5.74) is 7.46. The number of ketones is 1. The molecule has 1 aliphatic carbocycles. The van der Waals surface area contributed by atoms with E-state index in [-0.39, 0.29) is 24.0 Å².